The van der Waals surface area contributed by atoms with Crippen molar-refractivity contribution in [3.63, 3.8) is 0 Å². The summed E-state index contributed by atoms with van der Waals surface area (Å²) in [5.74, 6) is 0.692. The van der Waals surface area contributed by atoms with Gasteiger partial charge in [-0.05, 0) is 51.1 Å². The molecule has 3 heterocycles. The van der Waals surface area contributed by atoms with Crippen molar-refractivity contribution in [2.45, 2.75) is 37.5 Å². The lowest BCUT2D eigenvalue weighted by atomic mass is 10.2. The molecule has 0 spiro atoms. The number of hydrogen-bond acceptors (Lipinski definition) is 7. The molecule has 0 unspecified atom stereocenters. The Morgan fingerprint density at radius 2 is 1.97 bits per heavy atom. The van der Waals surface area contributed by atoms with Crippen LogP contribution < -0.4 is 4.72 Å². The van der Waals surface area contributed by atoms with Crippen LogP contribution in [0, 0.1) is 6.92 Å². The van der Waals surface area contributed by atoms with Crippen LogP contribution in [-0.2, 0) is 10.0 Å². The van der Waals surface area contributed by atoms with Crippen LogP contribution >= 0.6 is 22.9 Å². The highest BCUT2D eigenvalue weighted by molar-refractivity contribution is 7.89. The van der Waals surface area contributed by atoms with E-state index in [1.54, 1.807) is 25.1 Å². The third kappa shape index (κ3) is 5.53. The van der Waals surface area contributed by atoms with Crippen LogP contribution in [0.25, 0.3) is 22.2 Å². The molecule has 7 nitrogen and oxygen atoms in total. The highest BCUT2D eigenvalue weighted by Gasteiger charge is 2.23. The smallest absolute Gasteiger partial charge is 0.268 e. The van der Waals surface area contributed by atoms with Gasteiger partial charge in [0.15, 0.2) is 0 Å². The molecular weight excluding hydrogens is 456 g/mol. The lowest BCUT2D eigenvalue weighted by Crippen LogP contribution is -2.35. The van der Waals surface area contributed by atoms with Gasteiger partial charge in [0.1, 0.15) is 0 Å². The number of aryl methyl sites for hydroxylation is 1. The van der Waals surface area contributed by atoms with Crippen LogP contribution in [0.2, 0.25) is 5.02 Å². The van der Waals surface area contributed by atoms with Gasteiger partial charge in [0.25, 0.3) is 5.89 Å². The van der Waals surface area contributed by atoms with Gasteiger partial charge in [0.2, 0.25) is 15.8 Å². The molecule has 4 rings (SSSR count). The number of hydrogen-bond donors (Lipinski definition) is 1. The first-order chi connectivity index (χ1) is 14.9. The Morgan fingerprint density at radius 3 is 2.71 bits per heavy atom. The predicted molar refractivity (Wildman–Crippen MR) is 123 cm³/mol. The molecule has 2 aromatic heterocycles. The first-order valence-corrected chi connectivity index (χ1v) is 13.0. The number of benzene rings is 1. The number of aromatic nitrogens is 2. The van der Waals surface area contributed by atoms with E-state index in [0.717, 1.165) is 25.2 Å². The summed E-state index contributed by atoms with van der Waals surface area (Å²) in [7, 11) is -3.61. The third-order valence-electron chi connectivity index (χ3n) is 5.30. The molecule has 1 N–H and O–H groups in total. The van der Waals surface area contributed by atoms with Crippen LogP contribution in [0.5, 0.6) is 0 Å². The molecule has 0 bridgehead atoms. The van der Waals surface area contributed by atoms with Gasteiger partial charge >= 0.3 is 0 Å². The predicted octanol–water partition coefficient (Wildman–Crippen LogP) is 4.58. The van der Waals surface area contributed by atoms with Crippen molar-refractivity contribution >= 4 is 33.0 Å². The number of nitrogens with one attached hydrogen (secondary N) is 1. The van der Waals surface area contributed by atoms with Crippen LogP contribution in [0.15, 0.2) is 39.8 Å². The summed E-state index contributed by atoms with van der Waals surface area (Å²) in [6.07, 6.45) is 4.88. The minimum atomic E-state index is -3.61. The standard InChI is InChI=1S/C21H25ClN4O3S2/c1-15-19(31(27,28)23-9-12-26-10-4-2-3-5-11-26)14-18(30-15)21-24-20(25-29-21)16-7-6-8-17(22)13-16/h6-8,13-14,23H,2-5,9-12H2,1H3. The van der Waals surface area contributed by atoms with Gasteiger partial charge in [-0.3, -0.25) is 0 Å². The number of rotatable bonds is 7. The van der Waals surface area contributed by atoms with E-state index in [0.29, 0.717) is 27.1 Å². The minimum Gasteiger partial charge on any atom is -0.333 e. The highest BCUT2D eigenvalue weighted by atomic mass is 35.5. The number of sulfonamides is 1. The van der Waals surface area contributed by atoms with Crippen molar-refractivity contribution in [2.75, 3.05) is 26.2 Å². The summed E-state index contributed by atoms with van der Waals surface area (Å²) in [6.45, 7) is 4.98. The molecule has 1 aliphatic rings. The van der Waals surface area contributed by atoms with E-state index in [-0.39, 0.29) is 10.8 Å². The fourth-order valence-electron chi connectivity index (χ4n) is 3.68. The molecule has 3 aromatic rings. The van der Waals surface area contributed by atoms with E-state index in [4.69, 9.17) is 16.1 Å². The van der Waals surface area contributed by atoms with E-state index in [1.807, 2.05) is 12.1 Å². The van der Waals surface area contributed by atoms with Crippen LogP contribution in [0.4, 0.5) is 0 Å². The van der Waals surface area contributed by atoms with Crippen LogP contribution in [-0.4, -0.2) is 49.6 Å². The average molecular weight is 481 g/mol. The molecule has 0 aliphatic carbocycles. The SMILES string of the molecule is Cc1sc(-c2nc(-c3cccc(Cl)c3)no2)cc1S(=O)(=O)NCCN1CCCCCC1. The van der Waals surface area contributed by atoms with Gasteiger partial charge in [-0.15, -0.1) is 11.3 Å². The summed E-state index contributed by atoms with van der Waals surface area (Å²) >= 11 is 7.35. The molecule has 0 radical (unpaired) electrons. The van der Waals surface area contributed by atoms with E-state index < -0.39 is 10.0 Å². The Bertz CT molecular complexity index is 1140. The summed E-state index contributed by atoms with van der Waals surface area (Å²) in [4.78, 5) is 8.30. The Morgan fingerprint density at radius 1 is 1.19 bits per heavy atom. The van der Waals surface area contributed by atoms with Crippen molar-refractivity contribution in [3.05, 3.63) is 40.2 Å². The zero-order valence-electron chi connectivity index (χ0n) is 17.3. The second kappa shape index (κ2) is 9.79. The zero-order chi connectivity index (χ0) is 21.8. The molecular formula is C21H25ClN4O3S2. The maximum absolute atomic E-state index is 12.9. The first-order valence-electron chi connectivity index (χ1n) is 10.3. The second-order valence-corrected chi connectivity index (χ2v) is 11.0. The fraction of sp³-hybridized carbons (Fsp3) is 0.429. The quantitative estimate of drug-likeness (QED) is 0.532. The molecule has 31 heavy (non-hydrogen) atoms. The minimum absolute atomic E-state index is 0.255. The monoisotopic (exact) mass is 480 g/mol. The summed E-state index contributed by atoms with van der Waals surface area (Å²) in [5, 5.41) is 4.58. The normalized spacial score (nSPS) is 15.8. The zero-order valence-corrected chi connectivity index (χ0v) is 19.7. The first kappa shape index (κ1) is 22.4. The molecule has 1 saturated heterocycles. The van der Waals surface area contributed by atoms with E-state index in [9.17, 15) is 8.42 Å². The van der Waals surface area contributed by atoms with Gasteiger partial charge in [-0.1, -0.05) is 41.7 Å². The Hall–Kier alpha value is -1.78. The van der Waals surface area contributed by atoms with E-state index in [1.165, 1.54) is 37.0 Å². The number of thiophene rings is 1. The number of halogens is 1. The fourth-order valence-corrected chi connectivity index (χ4v) is 6.40. The topological polar surface area (TPSA) is 88.3 Å². The molecule has 0 saturated carbocycles. The van der Waals surface area contributed by atoms with E-state index >= 15 is 0 Å². The van der Waals surface area contributed by atoms with Crippen molar-refractivity contribution in [1.82, 2.24) is 19.8 Å². The van der Waals surface area contributed by atoms with Gasteiger partial charge in [-0.2, -0.15) is 4.98 Å². The maximum Gasteiger partial charge on any atom is 0.268 e. The van der Waals surface area contributed by atoms with E-state index in [2.05, 4.69) is 19.8 Å². The van der Waals surface area contributed by atoms with Crippen LogP contribution in [0.1, 0.15) is 30.6 Å². The molecule has 0 atom stereocenters. The maximum atomic E-state index is 12.9. The Labute approximate surface area is 191 Å². The summed E-state index contributed by atoms with van der Waals surface area (Å²) in [5.41, 5.74) is 0.735. The average Bonchev–Trinajstić information content (AvgIpc) is 3.29. The van der Waals surface area contributed by atoms with Gasteiger partial charge in [-0.25, -0.2) is 13.1 Å². The molecule has 1 aromatic carbocycles. The number of likely N-dealkylation sites (tertiary alicyclic amines) is 1. The molecule has 0 amide bonds. The lowest BCUT2D eigenvalue weighted by Gasteiger charge is -2.19. The van der Waals surface area contributed by atoms with Crippen molar-refractivity contribution in [2.24, 2.45) is 0 Å². The van der Waals surface area contributed by atoms with Gasteiger partial charge < -0.3 is 9.42 Å². The van der Waals surface area contributed by atoms with Crippen molar-refractivity contribution in [1.29, 1.82) is 0 Å². The summed E-state index contributed by atoms with van der Waals surface area (Å²) < 4.78 is 33.9. The largest absolute Gasteiger partial charge is 0.333 e. The number of nitrogens with zero attached hydrogens (tertiary/aromatic N) is 3. The van der Waals surface area contributed by atoms with Crippen LogP contribution in [0.3, 0.4) is 0 Å². The Kier molecular flexibility index (Phi) is 7.08. The van der Waals surface area contributed by atoms with Gasteiger partial charge in [0, 0.05) is 28.6 Å². The Balaban J connectivity index is 1.45. The molecule has 1 aliphatic heterocycles. The lowest BCUT2D eigenvalue weighted by molar-refractivity contribution is 0.290. The summed E-state index contributed by atoms with van der Waals surface area (Å²) in [6, 6.07) is 8.77. The van der Waals surface area contributed by atoms with Crippen molar-refractivity contribution in [3.8, 4) is 22.2 Å². The molecule has 1 fully saturated rings. The molecule has 166 valence electrons. The second-order valence-electron chi connectivity index (χ2n) is 7.62. The van der Waals surface area contributed by atoms with Gasteiger partial charge in [0.05, 0.1) is 9.77 Å². The molecule has 10 heteroatoms. The third-order valence-corrected chi connectivity index (χ3v) is 8.29. The van der Waals surface area contributed by atoms with Crippen molar-refractivity contribution < 1.29 is 12.9 Å². The highest BCUT2D eigenvalue weighted by Crippen LogP contribution is 2.33.